The number of carbonyl (C=O) groups is 1. The van der Waals surface area contributed by atoms with Crippen LogP contribution in [0, 0.1) is 5.82 Å². The molecule has 0 aliphatic rings. The Hall–Kier alpha value is -3.48. The molecule has 1 aromatic carbocycles. The number of amides is 1. The zero-order chi connectivity index (χ0) is 16.5. The number of hydrogen-bond acceptors (Lipinski definition) is 5. The predicted octanol–water partition coefficient (Wildman–Crippen LogP) is 2.96. The molecule has 0 spiro atoms. The smallest absolute Gasteiger partial charge is 0.257 e. The maximum absolute atomic E-state index is 13.8. The largest absolute Gasteiger partial charge is 0.305 e. The van der Waals surface area contributed by atoms with Gasteiger partial charge in [0, 0.05) is 24.0 Å². The van der Waals surface area contributed by atoms with E-state index >= 15 is 0 Å². The fourth-order valence-electron chi connectivity index (χ4n) is 2.52. The zero-order valence-corrected chi connectivity index (χ0v) is 12.3. The molecule has 0 saturated heterocycles. The van der Waals surface area contributed by atoms with Gasteiger partial charge in [-0.1, -0.05) is 0 Å². The summed E-state index contributed by atoms with van der Waals surface area (Å²) in [6.45, 7) is 0. The van der Waals surface area contributed by atoms with E-state index in [0.29, 0.717) is 21.8 Å². The van der Waals surface area contributed by atoms with Crippen LogP contribution >= 0.6 is 0 Å². The maximum atomic E-state index is 13.8. The molecule has 24 heavy (non-hydrogen) atoms. The Balaban J connectivity index is 1.80. The van der Waals surface area contributed by atoms with Gasteiger partial charge in [0.05, 0.1) is 11.1 Å². The van der Waals surface area contributed by atoms with E-state index < -0.39 is 11.7 Å². The van der Waals surface area contributed by atoms with Crippen molar-refractivity contribution in [2.24, 2.45) is 0 Å². The number of nitrogens with one attached hydrogen (secondary N) is 1. The summed E-state index contributed by atoms with van der Waals surface area (Å²) in [5.41, 5.74) is 1.28. The monoisotopic (exact) mass is 319 g/mol. The number of rotatable bonds is 2. The molecule has 0 radical (unpaired) electrons. The molecule has 7 heteroatoms. The van der Waals surface area contributed by atoms with Crippen molar-refractivity contribution in [2.45, 2.75) is 0 Å². The third kappa shape index (κ3) is 2.41. The Morgan fingerprint density at radius 3 is 2.92 bits per heavy atom. The molecule has 1 amide bonds. The Bertz CT molecular complexity index is 1080. The summed E-state index contributed by atoms with van der Waals surface area (Å²) in [5.74, 6) is -0.709. The van der Waals surface area contributed by atoms with E-state index in [0.717, 1.165) is 0 Å². The van der Waals surface area contributed by atoms with E-state index in [1.165, 1.54) is 24.7 Å². The Kier molecular flexibility index (Phi) is 3.31. The van der Waals surface area contributed by atoms with Crippen molar-refractivity contribution < 1.29 is 9.18 Å². The highest BCUT2D eigenvalue weighted by Crippen LogP contribution is 2.22. The molecular formula is C17H10FN5O. The lowest BCUT2D eigenvalue weighted by Crippen LogP contribution is -2.14. The average Bonchev–Trinajstić information content (AvgIpc) is 2.61. The van der Waals surface area contributed by atoms with Crippen LogP contribution in [0.15, 0.2) is 55.2 Å². The molecule has 4 rings (SSSR count). The van der Waals surface area contributed by atoms with E-state index in [9.17, 15) is 9.18 Å². The van der Waals surface area contributed by atoms with E-state index in [4.69, 9.17) is 0 Å². The molecule has 6 nitrogen and oxygen atoms in total. The van der Waals surface area contributed by atoms with Gasteiger partial charge in [0.1, 0.15) is 17.7 Å². The van der Waals surface area contributed by atoms with Crippen LogP contribution in [-0.2, 0) is 0 Å². The topological polar surface area (TPSA) is 80.7 Å². The van der Waals surface area contributed by atoms with Crippen LogP contribution in [0.1, 0.15) is 10.4 Å². The number of anilines is 1. The number of halogens is 1. The van der Waals surface area contributed by atoms with Crippen LogP contribution in [0.3, 0.4) is 0 Å². The minimum absolute atomic E-state index is 0.204. The van der Waals surface area contributed by atoms with Crippen LogP contribution in [0.2, 0.25) is 0 Å². The van der Waals surface area contributed by atoms with Crippen molar-refractivity contribution in [3.8, 4) is 0 Å². The van der Waals surface area contributed by atoms with Crippen molar-refractivity contribution in [2.75, 3.05) is 5.32 Å². The van der Waals surface area contributed by atoms with Crippen molar-refractivity contribution in [3.63, 3.8) is 0 Å². The number of carbonyl (C=O) groups excluding carboxylic acids is 1. The van der Waals surface area contributed by atoms with Crippen LogP contribution in [0.25, 0.3) is 21.8 Å². The average molecular weight is 319 g/mol. The molecule has 0 fully saturated rings. The summed E-state index contributed by atoms with van der Waals surface area (Å²) in [7, 11) is 0. The lowest BCUT2D eigenvalue weighted by molar-refractivity contribution is 0.102. The fourth-order valence-corrected chi connectivity index (χ4v) is 2.52. The van der Waals surface area contributed by atoms with Crippen LogP contribution in [0.5, 0.6) is 0 Å². The quantitative estimate of drug-likeness (QED) is 0.614. The Morgan fingerprint density at radius 2 is 2.00 bits per heavy atom. The van der Waals surface area contributed by atoms with E-state index in [2.05, 4.69) is 25.3 Å². The molecule has 3 aromatic heterocycles. The second-order valence-electron chi connectivity index (χ2n) is 5.10. The van der Waals surface area contributed by atoms with E-state index in [-0.39, 0.29) is 11.4 Å². The Labute approximate surface area is 135 Å². The standard InChI is InChI=1S/C17H10FN5O/c18-11-6-10-8-19-5-3-12(10)13(7-11)17(24)23-16-15-14(21-9-22-16)2-1-4-20-15/h1-9H,(H,21,22,23,24). The summed E-state index contributed by atoms with van der Waals surface area (Å²) < 4.78 is 13.8. The number of pyridine rings is 2. The minimum atomic E-state index is -0.508. The van der Waals surface area contributed by atoms with Crippen molar-refractivity contribution >= 4 is 33.5 Å². The van der Waals surface area contributed by atoms with Gasteiger partial charge in [0.2, 0.25) is 0 Å². The molecule has 1 N–H and O–H groups in total. The lowest BCUT2D eigenvalue weighted by Gasteiger charge is -2.09. The number of benzene rings is 1. The second-order valence-corrected chi connectivity index (χ2v) is 5.10. The molecule has 0 bridgehead atoms. The summed E-state index contributed by atoms with van der Waals surface area (Å²) >= 11 is 0. The summed E-state index contributed by atoms with van der Waals surface area (Å²) in [4.78, 5) is 28.9. The van der Waals surface area contributed by atoms with Gasteiger partial charge in [-0.25, -0.2) is 14.4 Å². The first-order valence-corrected chi connectivity index (χ1v) is 7.13. The highest BCUT2D eigenvalue weighted by Gasteiger charge is 2.15. The summed E-state index contributed by atoms with van der Waals surface area (Å²) in [6.07, 6.45) is 5.99. The summed E-state index contributed by atoms with van der Waals surface area (Å²) in [6, 6.07) is 7.70. The number of aromatic nitrogens is 4. The van der Waals surface area contributed by atoms with Gasteiger partial charge < -0.3 is 5.32 Å². The van der Waals surface area contributed by atoms with Gasteiger partial charge in [-0.15, -0.1) is 0 Å². The highest BCUT2D eigenvalue weighted by atomic mass is 19.1. The first kappa shape index (κ1) is 14.1. The lowest BCUT2D eigenvalue weighted by atomic mass is 10.1. The minimum Gasteiger partial charge on any atom is -0.305 e. The zero-order valence-electron chi connectivity index (χ0n) is 12.3. The summed E-state index contributed by atoms with van der Waals surface area (Å²) in [5, 5.41) is 3.84. The molecule has 116 valence electrons. The van der Waals surface area contributed by atoms with Gasteiger partial charge in [-0.05, 0) is 35.7 Å². The van der Waals surface area contributed by atoms with Gasteiger partial charge in [0.15, 0.2) is 5.82 Å². The molecule has 0 atom stereocenters. The number of fused-ring (bicyclic) bond motifs is 2. The highest BCUT2D eigenvalue weighted by molar-refractivity contribution is 6.14. The fraction of sp³-hybridized carbons (Fsp3) is 0. The van der Waals surface area contributed by atoms with Crippen LogP contribution in [-0.4, -0.2) is 25.8 Å². The van der Waals surface area contributed by atoms with Crippen LogP contribution < -0.4 is 5.32 Å². The first-order chi connectivity index (χ1) is 11.7. The van der Waals surface area contributed by atoms with Gasteiger partial charge in [0.25, 0.3) is 5.91 Å². The number of hydrogen-bond donors (Lipinski definition) is 1. The first-order valence-electron chi connectivity index (χ1n) is 7.13. The van der Waals surface area contributed by atoms with Crippen LogP contribution in [0.4, 0.5) is 10.2 Å². The molecule has 4 aromatic rings. The third-order valence-electron chi connectivity index (χ3n) is 3.59. The second kappa shape index (κ2) is 5.62. The Morgan fingerprint density at radius 1 is 1.08 bits per heavy atom. The van der Waals surface area contributed by atoms with Crippen molar-refractivity contribution in [1.82, 2.24) is 19.9 Å². The van der Waals surface area contributed by atoms with Crippen molar-refractivity contribution in [3.05, 3.63) is 66.6 Å². The third-order valence-corrected chi connectivity index (χ3v) is 3.59. The van der Waals surface area contributed by atoms with E-state index in [1.807, 2.05) is 0 Å². The van der Waals surface area contributed by atoms with Gasteiger partial charge in [-0.3, -0.25) is 14.8 Å². The van der Waals surface area contributed by atoms with Gasteiger partial charge in [-0.2, -0.15) is 0 Å². The van der Waals surface area contributed by atoms with Crippen molar-refractivity contribution in [1.29, 1.82) is 0 Å². The molecule has 0 aliphatic heterocycles. The number of nitrogens with zero attached hydrogens (tertiary/aromatic N) is 4. The molecule has 0 saturated carbocycles. The predicted molar refractivity (Wildman–Crippen MR) is 87.0 cm³/mol. The molecular weight excluding hydrogens is 309 g/mol. The maximum Gasteiger partial charge on any atom is 0.257 e. The molecule has 0 unspecified atom stereocenters. The molecule has 3 heterocycles. The molecule has 0 aliphatic carbocycles. The SMILES string of the molecule is O=C(Nc1ncnc2cccnc12)c1cc(F)cc2cnccc12. The van der Waals surface area contributed by atoms with Gasteiger partial charge >= 0.3 is 0 Å². The normalized spacial score (nSPS) is 10.9. The van der Waals surface area contributed by atoms with E-state index in [1.54, 1.807) is 30.6 Å².